The Morgan fingerprint density at radius 2 is 2.05 bits per heavy atom. The van der Waals surface area contributed by atoms with Crippen LogP contribution in [0.1, 0.15) is 18.7 Å². The second-order valence-corrected chi connectivity index (χ2v) is 5.36. The molecular formula is C15H18FN3OS. The summed E-state index contributed by atoms with van der Waals surface area (Å²) < 4.78 is 18.9. The maximum Gasteiger partial charge on any atom is 0.237 e. The van der Waals surface area contributed by atoms with Gasteiger partial charge in [0.15, 0.2) is 0 Å². The molecule has 4 nitrogen and oxygen atoms in total. The van der Waals surface area contributed by atoms with Crippen molar-refractivity contribution in [2.24, 2.45) is 0 Å². The molecule has 21 heavy (non-hydrogen) atoms. The minimum Gasteiger partial charge on any atom is -0.480 e. The molecule has 0 aliphatic carbocycles. The molecule has 2 aromatic rings. The summed E-state index contributed by atoms with van der Waals surface area (Å²) in [6, 6.07) is 6.71. The molecule has 0 saturated carbocycles. The van der Waals surface area contributed by atoms with E-state index in [1.165, 1.54) is 17.8 Å². The molecule has 1 aromatic carbocycles. The van der Waals surface area contributed by atoms with E-state index in [1.807, 2.05) is 13.0 Å². The second-order valence-electron chi connectivity index (χ2n) is 4.30. The Balaban J connectivity index is 2.14. The number of nitrogens with one attached hydrogen (secondary N) is 1. The minimum absolute atomic E-state index is 0.0525. The molecule has 6 heteroatoms. The van der Waals surface area contributed by atoms with Crippen molar-refractivity contribution in [3.63, 3.8) is 0 Å². The Kier molecular flexibility index (Phi) is 5.95. The molecule has 1 heterocycles. The maximum absolute atomic E-state index is 13.7. The Hall–Kier alpha value is -1.66. The number of halogens is 1. The summed E-state index contributed by atoms with van der Waals surface area (Å²) in [5.41, 5.74) is 0.741. The van der Waals surface area contributed by atoms with Gasteiger partial charge < -0.3 is 10.1 Å². The Bertz CT molecular complexity index is 582. The molecular weight excluding hydrogens is 289 g/mol. The van der Waals surface area contributed by atoms with E-state index in [-0.39, 0.29) is 11.9 Å². The van der Waals surface area contributed by atoms with Gasteiger partial charge in [-0.1, -0.05) is 19.1 Å². The minimum atomic E-state index is -0.205. The fourth-order valence-electron chi connectivity index (χ4n) is 1.95. The van der Waals surface area contributed by atoms with E-state index in [0.29, 0.717) is 16.5 Å². The van der Waals surface area contributed by atoms with Gasteiger partial charge in [0, 0.05) is 23.0 Å². The molecule has 0 aliphatic rings. The quantitative estimate of drug-likeness (QED) is 0.797. The Morgan fingerprint density at radius 1 is 1.29 bits per heavy atom. The van der Waals surface area contributed by atoms with Gasteiger partial charge in [0.1, 0.15) is 11.5 Å². The average Bonchev–Trinajstić information content (AvgIpc) is 2.53. The van der Waals surface area contributed by atoms with Gasteiger partial charge in [0.05, 0.1) is 13.2 Å². The first kappa shape index (κ1) is 15.7. The molecule has 1 atom stereocenters. The van der Waals surface area contributed by atoms with Crippen LogP contribution < -0.4 is 10.1 Å². The summed E-state index contributed by atoms with van der Waals surface area (Å²) in [7, 11) is 1.57. The largest absolute Gasteiger partial charge is 0.480 e. The average molecular weight is 307 g/mol. The molecule has 1 aromatic heterocycles. The van der Waals surface area contributed by atoms with Gasteiger partial charge >= 0.3 is 0 Å². The highest BCUT2D eigenvalue weighted by atomic mass is 32.2. The van der Waals surface area contributed by atoms with E-state index in [2.05, 4.69) is 15.3 Å². The maximum atomic E-state index is 13.7. The van der Waals surface area contributed by atoms with Crippen molar-refractivity contribution in [1.29, 1.82) is 0 Å². The fourth-order valence-corrected chi connectivity index (χ4v) is 2.95. The lowest BCUT2D eigenvalue weighted by atomic mass is 10.2. The molecule has 0 amide bonds. The lowest BCUT2D eigenvalue weighted by Gasteiger charge is -2.18. The van der Waals surface area contributed by atoms with E-state index in [1.54, 1.807) is 31.6 Å². The molecule has 2 rings (SSSR count). The van der Waals surface area contributed by atoms with Gasteiger partial charge in [-0.25, -0.2) is 9.37 Å². The van der Waals surface area contributed by atoms with E-state index >= 15 is 0 Å². The van der Waals surface area contributed by atoms with Crippen molar-refractivity contribution in [2.75, 3.05) is 19.4 Å². The monoisotopic (exact) mass is 307 g/mol. The van der Waals surface area contributed by atoms with Crippen LogP contribution in [0.4, 0.5) is 4.39 Å². The number of methoxy groups -OCH3 is 1. The van der Waals surface area contributed by atoms with Crippen molar-refractivity contribution in [1.82, 2.24) is 15.3 Å². The highest BCUT2D eigenvalue weighted by molar-refractivity contribution is 7.99. The third-order valence-electron chi connectivity index (χ3n) is 2.91. The molecule has 1 N–H and O–H groups in total. The van der Waals surface area contributed by atoms with Gasteiger partial charge in [-0.05, 0) is 18.7 Å². The van der Waals surface area contributed by atoms with Crippen LogP contribution >= 0.6 is 11.8 Å². The van der Waals surface area contributed by atoms with E-state index in [9.17, 15) is 4.39 Å². The van der Waals surface area contributed by atoms with E-state index < -0.39 is 0 Å². The number of rotatable bonds is 7. The third-order valence-corrected chi connectivity index (χ3v) is 4.05. The summed E-state index contributed by atoms with van der Waals surface area (Å²) in [4.78, 5) is 9.14. The van der Waals surface area contributed by atoms with Crippen LogP contribution in [-0.4, -0.2) is 29.4 Å². The van der Waals surface area contributed by atoms with Crippen LogP contribution in [0.15, 0.2) is 41.6 Å². The number of hydrogen-bond acceptors (Lipinski definition) is 5. The molecule has 112 valence electrons. The predicted octanol–water partition coefficient (Wildman–Crippen LogP) is 3.07. The van der Waals surface area contributed by atoms with Gasteiger partial charge in [-0.15, -0.1) is 11.8 Å². The van der Waals surface area contributed by atoms with Gasteiger partial charge in [0.2, 0.25) is 5.88 Å². The number of aromatic nitrogens is 2. The SMILES string of the molecule is CCNC(CSc1ccccc1F)c1nccnc1OC. The number of thioether (sulfide) groups is 1. The van der Waals surface area contributed by atoms with Gasteiger partial charge in [-0.3, -0.25) is 4.98 Å². The van der Waals surface area contributed by atoms with Crippen LogP contribution in [-0.2, 0) is 0 Å². The Morgan fingerprint density at radius 3 is 2.76 bits per heavy atom. The molecule has 0 saturated heterocycles. The van der Waals surface area contributed by atoms with E-state index in [4.69, 9.17) is 4.74 Å². The standard InChI is InChI=1S/C15H18FN3OS/c1-3-17-12(14-15(20-2)19-9-8-18-14)10-21-13-7-5-4-6-11(13)16/h4-9,12,17H,3,10H2,1-2H3. The molecule has 0 bridgehead atoms. The Labute approximate surface area is 128 Å². The van der Waals surface area contributed by atoms with Crippen LogP contribution in [0.5, 0.6) is 5.88 Å². The van der Waals surface area contributed by atoms with E-state index in [0.717, 1.165) is 12.2 Å². The number of nitrogens with zero attached hydrogens (tertiary/aromatic N) is 2. The smallest absolute Gasteiger partial charge is 0.237 e. The van der Waals surface area contributed by atoms with Crippen molar-refractivity contribution in [2.45, 2.75) is 17.9 Å². The van der Waals surface area contributed by atoms with Crippen LogP contribution in [0.2, 0.25) is 0 Å². The second kappa shape index (κ2) is 7.95. The summed E-state index contributed by atoms with van der Waals surface area (Å²) in [6.07, 6.45) is 3.23. The van der Waals surface area contributed by atoms with Gasteiger partial charge in [0.25, 0.3) is 0 Å². The molecule has 0 fully saturated rings. The van der Waals surface area contributed by atoms with Crippen LogP contribution in [0, 0.1) is 5.82 Å². The lowest BCUT2D eigenvalue weighted by Crippen LogP contribution is -2.24. The molecule has 0 spiro atoms. The normalized spacial score (nSPS) is 12.1. The van der Waals surface area contributed by atoms with Crippen LogP contribution in [0.25, 0.3) is 0 Å². The zero-order valence-corrected chi connectivity index (χ0v) is 12.9. The first-order valence-corrected chi connectivity index (χ1v) is 7.70. The van der Waals surface area contributed by atoms with Crippen LogP contribution in [0.3, 0.4) is 0 Å². The van der Waals surface area contributed by atoms with Gasteiger partial charge in [-0.2, -0.15) is 0 Å². The number of ether oxygens (including phenoxy) is 1. The molecule has 0 radical (unpaired) electrons. The first-order valence-electron chi connectivity index (χ1n) is 6.71. The lowest BCUT2D eigenvalue weighted by molar-refractivity contribution is 0.381. The highest BCUT2D eigenvalue weighted by Gasteiger charge is 2.18. The topological polar surface area (TPSA) is 47.0 Å². The predicted molar refractivity (Wildman–Crippen MR) is 82.1 cm³/mol. The number of benzene rings is 1. The fraction of sp³-hybridized carbons (Fsp3) is 0.333. The molecule has 1 unspecified atom stereocenters. The van der Waals surface area contributed by atoms with Crippen molar-refractivity contribution in [3.05, 3.63) is 48.2 Å². The summed E-state index contributed by atoms with van der Waals surface area (Å²) in [5, 5.41) is 3.34. The summed E-state index contributed by atoms with van der Waals surface area (Å²) in [6.45, 7) is 2.80. The molecule has 0 aliphatic heterocycles. The zero-order valence-electron chi connectivity index (χ0n) is 12.0. The zero-order chi connectivity index (χ0) is 15.1. The highest BCUT2D eigenvalue weighted by Crippen LogP contribution is 2.28. The first-order chi connectivity index (χ1) is 10.3. The summed E-state index contributed by atoms with van der Waals surface area (Å²) in [5.74, 6) is 0.936. The number of hydrogen-bond donors (Lipinski definition) is 1. The third kappa shape index (κ3) is 4.15. The van der Waals surface area contributed by atoms with Crippen molar-refractivity contribution < 1.29 is 9.13 Å². The van der Waals surface area contributed by atoms with Crippen molar-refractivity contribution >= 4 is 11.8 Å². The summed E-state index contributed by atoms with van der Waals surface area (Å²) >= 11 is 1.45. The van der Waals surface area contributed by atoms with Crippen molar-refractivity contribution in [3.8, 4) is 5.88 Å².